The van der Waals surface area contributed by atoms with Gasteiger partial charge in [0.2, 0.25) is 5.75 Å². The first kappa shape index (κ1) is 29.0. The first-order valence-electron chi connectivity index (χ1n) is 11.2. The molecule has 12 nitrogen and oxygen atoms in total. The summed E-state index contributed by atoms with van der Waals surface area (Å²) < 4.78 is 26.8. The molecule has 3 rings (SSSR count). The average molecular weight is 521 g/mol. The molecule has 2 N–H and O–H groups in total. The second-order valence-electron chi connectivity index (χ2n) is 7.78. The highest BCUT2D eigenvalue weighted by atomic mass is 16.5. The summed E-state index contributed by atoms with van der Waals surface area (Å²) in [5, 5.41) is 14.8. The molecular formula is C25H32N2O10. The fraction of sp³-hybridized carbons (Fsp3) is 0.400. The van der Waals surface area contributed by atoms with Crippen LogP contribution >= 0.6 is 0 Å². The lowest BCUT2D eigenvalue weighted by Gasteiger charge is -2.35. The van der Waals surface area contributed by atoms with E-state index in [9.17, 15) is 4.79 Å². The number of rotatable bonds is 8. The molecule has 2 aromatic rings. The van der Waals surface area contributed by atoms with Crippen molar-refractivity contribution in [3.63, 3.8) is 0 Å². The third-order valence-electron chi connectivity index (χ3n) is 5.61. The lowest BCUT2D eigenvalue weighted by Crippen LogP contribution is -2.48. The number of carbonyl (C=O) groups is 3. The lowest BCUT2D eigenvalue weighted by molar-refractivity contribution is -0.159. The third-order valence-corrected chi connectivity index (χ3v) is 5.61. The number of methoxy groups -OCH3 is 5. The molecule has 0 radical (unpaired) electrons. The van der Waals surface area contributed by atoms with E-state index in [1.54, 1.807) is 47.7 Å². The molecule has 1 fully saturated rings. The zero-order valence-corrected chi connectivity index (χ0v) is 21.5. The van der Waals surface area contributed by atoms with E-state index < -0.39 is 11.9 Å². The van der Waals surface area contributed by atoms with Gasteiger partial charge in [0, 0.05) is 38.3 Å². The van der Waals surface area contributed by atoms with E-state index in [-0.39, 0.29) is 5.91 Å². The summed E-state index contributed by atoms with van der Waals surface area (Å²) in [7, 11) is 7.88. The number of aliphatic carboxylic acids is 2. The predicted octanol–water partition coefficient (Wildman–Crippen LogP) is 1.84. The van der Waals surface area contributed by atoms with Crippen molar-refractivity contribution in [2.75, 3.05) is 61.7 Å². The fourth-order valence-electron chi connectivity index (χ4n) is 3.73. The molecule has 2 aromatic carbocycles. The largest absolute Gasteiger partial charge is 0.493 e. The van der Waals surface area contributed by atoms with Crippen LogP contribution in [-0.4, -0.2) is 99.6 Å². The van der Waals surface area contributed by atoms with Crippen molar-refractivity contribution in [2.24, 2.45) is 0 Å². The highest BCUT2D eigenvalue weighted by Gasteiger charge is 2.25. The molecule has 202 valence electrons. The molecule has 12 heteroatoms. The van der Waals surface area contributed by atoms with Crippen LogP contribution < -0.4 is 23.7 Å². The van der Waals surface area contributed by atoms with Gasteiger partial charge >= 0.3 is 11.9 Å². The number of hydrogen-bond acceptors (Lipinski definition) is 9. The topological polar surface area (TPSA) is 144 Å². The average Bonchev–Trinajstić information content (AvgIpc) is 2.92. The lowest BCUT2D eigenvalue weighted by atomic mass is 10.1. The Morgan fingerprint density at radius 2 is 1.22 bits per heavy atom. The van der Waals surface area contributed by atoms with Gasteiger partial charge in [0.25, 0.3) is 5.91 Å². The minimum atomic E-state index is -1.82. The number of amides is 1. The molecule has 0 unspecified atom stereocenters. The Kier molecular flexibility index (Phi) is 10.8. The SMILES string of the molecule is COc1ccc(CN2CCN(C(=O)c3cc(OC)c(OC)c(OC)c3)CC2)cc1OC.O=C(O)C(=O)O. The molecule has 0 aliphatic carbocycles. The van der Waals surface area contributed by atoms with Gasteiger partial charge in [-0.15, -0.1) is 0 Å². The summed E-state index contributed by atoms with van der Waals surface area (Å²) in [5.74, 6) is -0.853. The molecule has 1 amide bonds. The van der Waals surface area contributed by atoms with Crippen molar-refractivity contribution in [1.82, 2.24) is 9.80 Å². The number of piperazine rings is 1. The van der Waals surface area contributed by atoms with Crippen molar-refractivity contribution >= 4 is 17.8 Å². The van der Waals surface area contributed by atoms with Crippen LogP contribution in [0.2, 0.25) is 0 Å². The van der Waals surface area contributed by atoms with Gasteiger partial charge in [-0.05, 0) is 29.8 Å². The molecule has 0 bridgehead atoms. The van der Waals surface area contributed by atoms with E-state index in [4.69, 9.17) is 43.5 Å². The number of hydrogen-bond donors (Lipinski definition) is 2. The van der Waals surface area contributed by atoms with E-state index >= 15 is 0 Å². The summed E-state index contributed by atoms with van der Waals surface area (Å²) in [6.45, 7) is 3.63. The van der Waals surface area contributed by atoms with Crippen LogP contribution in [-0.2, 0) is 16.1 Å². The van der Waals surface area contributed by atoms with Gasteiger partial charge in [-0.3, -0.25) is 9.69 Å². The molecule has 1 aliphatic heterocycles. The van der Waals surface area contributed by atoms with Crippen molar-refractivity contribution in [2.45, 2.75) is 6.54 Å². The zero-order chi connectivity index (χ0) is 27.5. The van der Waals surface area contributed by atoms with Gasteiger partial charge in [0.05, 0.1) is 35.5 Å². The van der Waals surface area contributed by atoms with E-state index in [2.05, 4.69) is 4.90 Å². The summed E-state index contributed by atoms with van der Waals surface area (Å²) >= 11 is 0. The normalized spacial score (nSPS) is 13.1. The van der Waals surface area contributed by atoms with Crippen LogP contribution in [0.3, 0.4) is 0 Å². The Morgan fingerprint density at radius 1 is 0.703 bits per heavy atom. The zero-order valence-electron chi connectivity index (χ0n) is 21.5. The van der Waals surface area contributed by atoms with Crippen molar-refractivity contribution in [3.05, 3.63) is 41.5 Å². The molecule has 1 heterocycles. The molecule has 1 aliphatic rings. The number of carboxylic acid groups (broad SMARTS) is 2. The Balaban J connectivity index is 0.000000717. The predicted molar refractivity (Wildman–Crippen MR) is 132 cm³/mol. The quantitative estimate of drug-likeness (QED) is 0.492. The van der Waals surface area contributed by atoms with Crippen LogP contribution in [0.25, 0.3) is 0 Å². The molecule has 1 saturated heterocycles. The van der Waals surface area contributed by atoms with Crippen molar-refractivity contribution in [1.29, 1.82) is 0 Å². The van der Waals surface area contributed by atoms with Crippen molar-refractivity contribution < 1.29 is 48.3 Å². The monoisotopic (exact) mass is 520 g/mol. The van der Waals surface area contributed by atoms with Gasteiger partial charge < -0.3 is 38.8 Å². The highest BCUT2D eigenvalue weighted by Crippen LogP contribution is 2.38. The Bertz CT molecular complexity index is 1060. The Labute approximate surface area is 214 Å². The molecular weight excluding hydrogens is 488 g/mol. The first-order valence-corrected chi connectivity index (χ1v) is 11.2. The Hall–Kier alpha value is -4.19. The number of nitrogens with zero attached hydrogens (tertiary/aromatic N) is 2. The van der Waals surface area contributed by atoms with E-state index in [0.29, 0.717) is 41.7 Å². The summed E-state index contributed by atoms with van der Waals surface area (Å²) in [4.78, 5) is 35.5. The number of carbonyl (C=O) groups excluding carboxylic acids is 1. The summed E-state index contributed by atoms with van der Waals surface area (Å²) in [6.07, 6.45) is 0. The number of carboxylic acids is 2. The molecule has 0 aromatic heterocycles. The second-order valence-corrected chi connectivity index (χ2v) is 7.78. The highest BCUT2D eigenvalue weighted by molar-refractivity contribution is 6.27. The standard InChI is InChI=1S/C23H30N2O6.C2H2O4/c1-27-18-7-6-16(12-19(18)28-2)15-24-8-10-25(11-9-24)23(26)17-13-20(29-3)22(31-5)21(14-17)30-4;3-1(4)2(5)6/h6-7,12-14H,8-11,15H2,1-5H3;(H,3,4)(H,5,6). The first-order chi connectivity index (χ1) is 17.7. The number of ether oxygens (including phenoxy) is 5. The maximum atomic E-state index is 13.1. The van der Waals surface area contributed by atoms with Gasteiger partial charge in [0.1, 0.15) is 0 Å². The second kappa shape index (κ2) is 13.8. The molecule has 37 heavy (non-hydrogen) atoms. The van der Waals surface area contributed by atoms with Gasteiger partial charge in [-0.25, -0.2) is 9.59 Å². The third kappa shape index (κ3) is 7.64. The maximum Gasteiger partial charge on any atom is 0.414 e. The minimum Gasteiger partial charge on any atom is -0.493 e. The summed E-state index contributed by atoms with van der Waals surface area (Å²) in [6, 6.07) is 9.33. The smallest absolute Gasteiger partial charge is 0.414 e. The van der Waals surface area contributed by atoms with E-state index in [1.165, 1.54) is 0 Å². The molecule has 0 atom stereocenters. The van der Waals surface area contributed by atoms with Gasteiger partial charge in [-0.1, -0.05) is 6.07 Å². The van der Waals surface area contributed by atoms with E-state index in [1.807, 2.05) is 23.1 Å². The summed E-state index contributed by atoms with van der Waals surface area (Å²) in [5.41, 5.74) is 1.66. The van der Waals surface area contributed by atoms with E-state index in [0.717, 1.165) is 30.9 Å². The van der Waals surface area contributed by atoms with Crippen molar-refractivity contribution in [3.8, 4) is 28.7 Å². The van der Waals surface area contributed by atoms with Crippen LogP contribution in [0.15, 0.2) is 30.3 Å². The minimum absolute atomic E-state index is 0.0509. The van der Waals surface area contributed by atoms with Crippen LogP contribution in [0.5, 0.6) is 28.7 Å². The maximum absolute atomic E-state index is 13.1. The number of benzene rings is 2. The van der Waals surface area contributed by atoms with Gasteiger partial charge in [0.15, 0.2) is 23.0 Å². The Morgan fingerprint density at radius 3 is 1.65 bits per heavy atom. The molecule has 0 saturated carbocycles. The van der Waals surface area contributed by atoms with Crippen LogP contribution in [0.1, 0.15) is 15.9 Å². The van der Waals surface area contributed by atoms with Crippen LogP contribution in [0, 0.1) is 0 Å². The van der Waals surface area contributed by atoms with Crippen LogP contribution in [0.4, 0.5) is 0 Å². The van der Waals surface area contributed by atoms with Gasteiger partial charge in [-0.2, -0.15) is 0 Å². The fourth-order valence-corrected chi connectivity index (χ4v) is 3.73. The molecule has 0 spiro atoms.